The Balaban J connectivity index is 2.58. The van der Waals surface area contributed by atoms with E-state index >= 15 is 0 Å². The van der Waals surface area contributed by atoms with Gasteiger partial charge < -0.3 is 5.32 Å². The molecule has 0 radical (unpaired) electrons. The molecule has 0 saturated heterocycles. The Kier molecular flexibility index (Phi) is 4.06. The van der Waals surface area contributed by atoms with Crippen molar-refractivity contribution in [1.29, 1.82) is 0 Å². The average molecular weight is 322 g/mol. The number of alkyl halides is 3. The lowest BCUT2D eigenvalue weighted by atomic mass is 10.1. The molecule has 0 aliphatic rings. The first kappa shape index (κ1) is 14.9. The molecule has 1 heterocycles. The van der Waals surface area contributed by atoms with Crippen molar-refractivity contribution in [3.63, 3.8) is 0 Å². The topological polar surface area (TPSA) is 37.8 Å². The second-order valence-corrected chi connectivity index (χ2v) is 4.65. The van der Waals surface area contributed by atoms with Crippen LogP contribution in [0.3, 0.4) is 0 Å². The fourth-order valence-corrected chi connectivity index (χ4v) is 1.81. The zero-order valence-electron chi connectivity index (χ0n) is 10.1. The number of hydrogen-bond donors (Lipinski definition) is 1. The fourth-order valence-electron chi connectivity index (χ4n) is 1.51. The molecule has 0 aliphatic carbocycles. The molecule has 0 fully saturated rings. The van der Waals surface area contributed by atoms with Crippen molar-refractivity contribution in [2.45, 2.75) is 6.18 Å². The highest BCUT2D eigenvalue weighted by Crippen LogP contribution is 2.32. The van der Waals surface area contributed by atoms with Crippen molar-refractivity contribution < 1.29 is 13.2 Å². The van der Waals surface area contributed by atoms with E-state index in [1.807, 2.05) is 0 Å². The highest BCUT2D eigenvalue weighted by Gasteiger charge is 2.33. The average Bonchev–Trinajstić information content (AvgIpc) is 2.40. The first-order valence-corrected chi connectivity index (χ1v) is 6.16. The molecule has 1 aromatic heterocycles. The van der Waals surface area contributed by atoms with Gasteiger partial charge in [0.1, 0.15) is 0 Å². The molecule has 8 heteroatoms. The molecule has 3 nitrogen and oxygen atoms in total. The van der Waals surface area contributed by atoms with Crippen LogP contribution in [0.4, 0.5) is 19.1 Å². The number of anilines is 1. The molecular weight excluding hydrogens is 314 g/mol. The molecule has 106 valence electrons. The summed E-state index contributed by atoms with van der Waals surface area (Å²) in [5, 5.41) is 3.05. The highest BCUT2D eigenvalue weighted by atomic mass is 35.5. The van der Waals surface area contributed by atoms with Crippen molar-refractivity contribution in [3.8, 4) is 11.3 Å². The molecule has 0 bridgehead atoms. The molecule has 2 aromatic rings. The number of benzene rings is 1. The molecule has 0 spiro atoms. The minimum Gasteiger partial charge on any atom is -0.357 e. The predicted molar refractivity (Wildman–Crippen MR) is 72.0 cm³/mol. The van der Waals surface area contributed by atoms with Gasteiger partial charge in [-0.1, -0.05) is 29.3 Å². The van der Waals surface area contributed by atoms with E-state index in [0.29, 0.717) is 10.6 Å². The van der Waals surface area contributed by atoms with E-state index in [0.717, 1.165) is 6.07 Å². The van der Waals surface area contributed by atoms with E-state index in [-0.39, 0.29) is 16.7 Å². The summed E-state index contributed by atoms with van der Waals surface area (Å²) in [6.45, 7) is 0. The lowest BCUT2D eigenvalue weighted by Gasteiger charge is -2.10. The van der Waals surface area contributed by atoms with Crippen molar-refractivity contribution in [1.82, 2.24) is 9.97 Å². The molecule has 0 aliphatic heterocycles. The number of hydrogen-bond acceptors (Lipinski definition) is 3. The summed E-state index contributed by atoms with van der Waals surface area (Å²) in [7, 11) is 1.44. The van der Waals surface area contributed by atoms with E-state index in [4.69, 9.17) is 23.2 Å². The third kappa shape index (κ3) is 3.13. The molecule has 0 saturated carbocycles. The van der Waals surface area contributed by atoms with Crippen molar-refractivity contribution >= 4 is 29.2 Å². The summed E-state index contributed by atoms with van der Waals surface area (Å²) in [5.41, 5.74) is -0.503. The molecule has 0 amide bonds. The Morgan fingerprint density at radius 2 is 1.75 bits per heavy atom. The van der Waals surface area contributed by atoms with E-state index < -0.39 is 11.9 Å². The SMILES string of the molecule is CNc1nc(-c2ccc(Cl)c(Cl)c2)cc(C(F)(F)F)n1. The largest absolute Gasteiger partial charge is 0.433 e. The lowest BCUT2D eigenvalue weighted by Crippen LogP contribution is -2.11. The van der Waals surface area contributed by atoms with Gasteiger partial charge >= 0.3 is 6.18 Å². The number of nitrogens with zero attached hydrogens (tertiary/aromatic N) is 2. The van der Waals surface area contributed by atoms with Gasteiger partial charge in [-0.15, -0.1) is 0 Å². The van der Waals surface area contributed by atoms with E-state index in [9.17, 15) is 13.2 Å². The minimum absolute atomic E-state index is 0.107. The fraction of sp³-hybridized carbons (Fsp3) is 0.167. The zero-order chi connectivity index (χ0) is 14.9. The number of aromatic nitrogens is 2. The predicted octanol–water partition coefficient (Wildman–Crippen LogP) is 4.51. The summed E-state index contributed by atoms with van der Waals surface area (Å²) in [6, 6.07) is 5.34. The molecule has 0 atom stereocenters. The van der Waals surface area contributed by atoms with Gasteiger partial charge in [-0.3, -0.25) is 0 Å². The van der Waals surface area contributed by atoms with Crippen LogP contribution < -0.4 is 5.32 Å². The normalized spacial score (nSPS) is 11.5. The van der Waals surface area contributed by atoms with Crippen molar-refractivity contribution in [2.75, 3.05) is 12.4 Å². The van der Waals surface area contributed by atoms with Crippen LogP contribution in [0.2, 0.25) is 10.0 Å². The maximum Gasteiger partial charge on any atom is 0.433 e. The summed E-state index contributed by atoms with van der Waals surface area (Å²) in [4.78, 5) is 7.36. The second kappa shape index (κ2) is 5.46. The maximum absolute atomic E-state index is 12.8. The van der Waals surface area contributed by atoms with Gasteiger partial charge in [0, 0.05) is 12.6 Å². The van der Waals surface area contributed by atoms with Gasteiger partial charge in [-0.05, 0) is 18.2 Å². The van der Waals surface area contributed by atoms with Gasteiger partial charge in [0.05, 0.1) is 15.7 Å². The smallest absolute Gasteiger partial charge is 0.357 e. The molecule has 1 N–H and O–H groups in total. The lowest BCUT2D eigenvalue weighted by molar-refractivity contribution is -0.141. The summed E-state index contributed by atoms with van der Waals surface area (Å²) < 4.78 is 38.3. The number of halogens is 5. The minimum atomic E-state index is -4.56. The monoisotopic (exact) mass is 321 g/mol. The molecule has 2 rings (SSSR count). The number of rotatable bonds is 2. The van der Waals surface area contributed by atoms with Crippen LogP contribution >= 0.6 is 23.2 Å². The van der Waals surface area contributed by atoms with Crippen LogP contribution in [0.15, 0.2) is 24.3 Å². The van der Waals surface area contributed by atoms with Crippen LogP contribution in [0.1, 0.15) is 5.69 Å². The van der Waals surface area contributed by atoms with Crippen LogP contribution in [0.25, 0.3) is 11.3 Å². The second-order valence-electron chi connectivity index (χ2n) is 3.84. The molecule has 0 unspecified atom stereocenters. The summed E-state index contributed by atoms with van der Waals surface area (Å²) >= 11 is 11.6. The highest BCUT2D eigenvalue weighted by molar-refractivity contribution is 6.42. The Hall–Kier alpha value is -1.53. The van der Waals surface area contributed by atoms with Crippen LogP contribution in [-0.2, 0) is 6.18 Å². The van der Waals surface area contributed by atoms with Crippen LogP contribution in [-0.4, -0.2) is 17.0 Å². The van der Waals surface area contributed by atoms with E-state index in [2.05, 4.69) is 15.3 Å². The third-order valence-corrected chi connectivity index (χ3v) is 3.19. The maximum atomic E-state index is 12.8. The van der Waals surface area contributed by atoms with E-state index in [1.54, 1.807) is 0 Å². The van der Waals surface area contributed by atoms with Crippen molar-refractivity contribution in [3.05, 3.63) is 40.0 Å². The molecular formula is C12H8Cl2F3N3. The molecule has 20 heavy (non-hydrogen) atoms. The van der Waals surface area contributed by atoms with Gasteiger partial charge in [0.15, 0.2) is 5.69 Å². The van der Waals surface area contributed by atoms with Crippen LogP contribution in [0, 0.1) is 0 Å². The van der Waals surface area contributed by atoms with Crippen LogP contribution in [0.5, 0.6) is 0 Å². The molecule has 1 aromatic carbocycles. The number of nitrogens with one attached hydrogen (secondary N) is 1. The summed E-state index contributed by atoms with van der Waals surface area (Å²) in [6.07, 6.45) is -4.56. The quantitative estimate of drug-likeness (QED) is 0.884. The first-order valence-electron chi connectivity index (χ1n) is 5.40. The Morgan fingerprint density at radius 3 is 2.30 bits per heavy atom. The van der Waals surface area contributed by atoms with Gasteiger partial charge in [0.2, 0.25) is 5.95 Å². The zero-order valence-corrected chi connectivity index (χ0v) is 11.6. The summed E-state index contributed by atoms with van der Waals surface area (Å²) in [5.74, 6) is -0.124. The van der Waals surface area contributed by atoms with Crippen molar-refractivity contribution in [2.24, 2.45) is 0 Å². The van der Waals surface area contributed by atoms with Gasteiger partial charge in [0.25, 0.3) is 0 Å². The van der Waals surface area contributed by atoms with Gasteiger partial charge in [-0.25, -0.2) is 9.97 Å². The Morgan fingerprint density at radius 1 is 1.05 bits per heavy atom. The third-order valence-electron chi connectivity index (χ3n) is 2.46. The van der Waals surface area contributed by atoms with E-state index in [1.165, 1.54) is 25.2 Å². The Bertz CT molecular complexity index is 644. The Labute approximate surface area is 122 Å². The standard InChI is InChI=1S/C12H8Cl2F3N3/c1-18-11-19-9(5-10(20-11)12(15,16)17)6-2-3-7(13)8(14)4-6/h2-5H,1H3,(H,18,19,20). The first-order chi connectivity index (χ1) is 9.31. The van der Waals surface area contributed by atoms with Gasteiger partial charge in [-0.2, -0.15) is 13.2 Å².